The van der Waals surface area contributed by atoms with Crippen LogP contribution in [0.1, 0.15) is 25.7 Å². The molecule has 0 rings (SSSR count). The molecule has 94 valence electrons. The van der Waals surface area contributed by atoms with E-state index in [1.165, 1.54) is 0 Å². The zero-order chi connectivity index (χ0) is 11.9. The van der Waals surface area contributed by atoms with Gasteiger partial charge in [0.05, 0.1) is 0 Å². The molecule has 5 nitrogen and oxygen atoms in total. The number of aliphatic hydroxyl groups excluding tert-OH is 5. The molecule has 0 radical (unpaired) electrons. The summed E-state index contributed by atoms with van der Waals surface area (Å²) in [7, 11) is 0. The van der Waals surface area contributed by atoms with E-state index in [0.717, 1.165) is 12.8 Å². The van der Waals surface area contributed by atoms with Gasteiger partial charge in [0.1, 0.15) is 0 Å². The van der Waals surface area contributed by atoms with E-state index < -0.39 is 0 Å². The van der Waals surface area contributed by atoms with E-state index >= 15 is 0 Å². The van der Waals surface area contributed by atoms with Crippen molar-refractivity contribution in [1.82, 2.24) is 0 Å². The van der Waals surface area contributed by atoms with E-state index in [1.807, 2.05) is 0 Å². The largest absolute Gasteiger partial charge is 0.396 e. The molecule has 0 amide bonds. The minimum Gasteiger partial charge on any atom is -0.396 e. The SMILES string of the molecule is OCCCC(CO)CO.OCCCCO. The number of hydrogen-bond acceptors (Lipinski definition) is 5. The van der Waals surface area contributed by atoms with Crippen molar-refractivity contribution in [2.45, 2.75) is 25.7 Å². The van der Waals surface area contributed by atoms with E-state index in [2.05, 4.69) is 0 Å². The van der Waals surface area contributed by atoms with E-state index in [1.54, 1.807) is 0 Å². The highest BCUT2D eigenvalue weighted by molar-refractivity contribution is 4.53. The van der Waals surface area contributed by atoms with Crippen molar-refractivity contribution in [3.05, 3.63) is 0 Å². The Labute approximate surface area is 91.0 Å². The fourth-order valence-electron chi connectivity index (χ4n) is 0.844. The summed E-state index contributed by atoms with van der Waals surface area (Å²) in [6, 6.07) is 0. The van der Waals surface area contributed by atoms with Crippen LogP contribution < -0.4 is 0 Å². The molecule has 0 fully saturated rings. The fraction of sp³-hybridized carbons (Fsp3) is 1.00. The number of unbranched alkanes of at least 4 members (excludes halogenated alkanes) is 1. The van der Waals surface area contributed by atoms with Gasteiger partial charge in [0.25, 0.3) is 0 Å². The molecule has 0 unspecified atom stereocenters. The van der Waals surface area contributed by atoms with Gasteiger partial charge in [0.2, 0.25) is 0 Å². The van der Waals surface area contributed by atoms with Crippen molar-refractivity contribution in [2.24, 2.45) is 5.92 Å². The van der Waals surface area contributed by atoms with E-state index in [4.69, 9.17) is 25.5 Å². The minimum absolute atomic E-state index is 0.0104. The Morgan fingerprint density at radius 2 is 1.00 bits per heavy atom. The van der Waals surface area contributed by atoms with E-state index in [0.29, 0.717) is 12.8 Å². The van der Waals surface area contributed by atoms with Gasteiger partial charge in [-0.2, -0.15) is 0 Å². The molecule has 0 saturated heterocycles. The molecule has 0 aliphatic heterocycles. The molecule has 0 spiro atoms. The highest BCUT2D eigenvalue weighted by Gasteiger charge is 2.03. The number of rotatable bonds is 8. The molecule has 5 N–H and O–H groups in total. The van der Waals surface area contributed by atoms with Crippen molar-refractivity contribution in [3.8, 4) is 0 Å². The van der Waals surface area contributed by atoms with Gasteiger partial charge >= 0.3 is 0 Å². The summed E-state index contributed by atoms with van der Waals surface area (Å²) < 4.78 is 0. The monoisotopic (exact) mass is 224 g/mol. The van der Waals surface area contributed by atoms with Gasteiger partial charge in [-0.3, -0.25) is 0 Å². The van der Waals surface area contributed by atoms with Crippen LogP contribution in [0.3, 0.4) is 0 Å². The highest BCUT2D eigenvalue weighted by Crippen LogP contribution is 2.02. The lowest BCUT2D eigenvalue weighted by atomic mass is 10.1. The maximum atomic E-state index is 8.51. The standard InChI is InChI=1S/C6H14O3.C4H10O2/c7-3-1-2-6(4-8)5-9;5-3-1-2-4-6/h6-9H,1-5H2;5-6H,1-4H2. The fourth-order valence-corrected chi connectivity index (χ4v) is 0.844. The summed E-state index contributed by atoms with van der Waals surface area (Å²) in [6.45, 7) is 0.546. The molecule has 15 heavy (non-hydrogen) atoms. The normalized spacial score (nSPS) is 10.0. The summed E-state index contributed by atoms with van der Waals surface area (Å²) in [5, 5.41) is 41.5. The first-order valence-corrected chi connectivity index (χ1v) is 5.31. The molecule has 0 aliphatic rings. The summed E-state index contributed by atoms with van der Waals surface area (Å²) in [6.07, 6.45) is 2.79. The van der Waals surface area contributed by atoms with Crippen LogP contribution in [0, 0.1) is 5.92 Å². The molecule has 0 heterocycles. The van der Waals surface area contributed by atoms with Gasteiger partial charge in [0.15, 0.2) is 0 Å². The topological polar surface area (TPSA) is 101 Å². The van der Waals surface area contributed by atoms with Gasteiger partial charge in [-0.1, -0.05) is 0 Å². The molecule has 0 saturated carbocycles. The van der Waals surface area contributed by atoms with Crippen LogP contribution in [0.5, 0.6) is 0 Å². The maximum Gasteiger partial charge on any atom is 0.0481 e. The van der Waals surface area contributed by atoms with Crippen LogP contribution >= 0.6 is 0 Å². The van der Waals surface area contributed by atoms with Gasteiger partial charge in [0, 0.05) is 39.0 Å². The lowest BCUT2D eigenvalue weighted by Gasteiger charge is -2.07. The van der Waals surface area contributed by atoms with Crippen LogP contribution in [0.25, 0.3) is 0 Å². The lowest BCUT2D eigenvalue weighted by molar-refractivity contribution is 0.136. The highest BCUT2D eigenvalue weighted by atomic mass is 16.3. The van der Waals surface area contributed by atoms with Crippen molar-refractivity contribution in [3.63, 3.8) is 0 Å². The molecular weight excluding hydrogens is 200 g/mol. The minimum atomic E-state index is -0.0443. The average molecular weight is 224 g/mol. The Hall–Kier alpha value is -0.200. The first-order chi connectivity index (χ1) is 7.26. The summed E-state index contributed by atoms with van der Waals surface area (Å²) in [5.74, 6) is -0.0443. The Morgan fingerprint density at radius 3 is 1.27 bits per heavy atom. The molecule has 0 atom stereocenters. The molecule has 0 aromatic carbocycles. The molecule has 0 bridgehead atoms. The van der Waals surface area contributed by atoms with Gasteiger partial charge in [-0.15, -0.1) is 0 Å². The third-order valence-electron chi connectivity index (χ3n) is 1.85. The third kappa shape index (κ3) is 16.5. The summed E-state index contributed by atoms with van der Waals surface area (Å²) in [5.41, 5.74) is 0. The van der Waals surface area contributed by atoms with Crippen molar-refractivity contribution in [1.29, 1.82) is 0 Å². The Kier molecular flexibility index (Phi) is 18.6. The van der Waals surface area contributed by atoms with Crippen LogP contribution in [0.4, 0.5) is 0 Å². The first kappa shape index (κ1) is 17.2. The molecular formula is C10H24O5. The third-order valence-corrected chi connectivity index (χ3v) is 1.85. The van der Waals surface area contributed by atoms with Gasteiger partial charge < -0.3 is 25.5 Å². The predicted molar refractivity (Wildman–Crippen MR) is 57.4 cm³/mol. The lowest BCUT2D eigenvalue weighted by Crippen LogP contribution is -2.11. The van der Waals surface area contributed by atoms with Crippen molar-refractivity contribution >= 4 is 0 Å². The van der Waals surface area contributed by atoms with Gasteiger partial charge in [-0.05, 0) is 25.7 Å². The van der Waals surface area contributed by atoms with E-state index in [-0.39, 0.29) is 39.0 Å². The van der Waals surface area contributed by atoms with Crippen molar-refractivity contribution < 1.29 is 25.5 Å². The Balaban J connectivity index is 0. The number of aliphatic hydroxyl groups is 5. The second-order valence-corrected chi connectivity index (χ2v) is 3.25. The quantitative estimate of drug-likeness (QED) is 0.344. The number of hydrogen-bond donors (Lipinski definition) is 5. The van der Waals surface area contributed by atoms with Gasteiger partial charge in [-0.25, -0.2) is 0 Å². The van der Waals surface area contributed by atoms with E-state index in [9.17, 15) is 0 Å². The Bertz CT molecular complexity index is 91.8. The van der Waals surface area contributed by atoms with Crippen LogP contribution in [-0.2, 0) is 0 Å². The Morgan fingerprint density at radius 1 is 0.600 bits per heavy atom. The van der Waals surface area contributed by atoms with Crippen LogP contribution in [0.15, 0.2) is 0 Å². The molecule has 0 aliphatic carbocycles. The molecule has 5 heteroatoms. The maximum absolute atomic E-state index is 8.51. The zero-order valence-corrected chi connectivity index (χ0v) is 9.18. The predicted octanol–water partition coefficient (Wildman–Crippen LogP) is -0.889. The molecule has 0 aromatic heterocycles. The first-order valence-electron chi connectivity index (χ1n) is 5.31. The average Bonchev–Trinajstić information content (AvgIpc) is 2.29. The summed E-state index contributed by atoms with van der Waals surface area (Å²) in [4.78, 5) is 0. The van der Waals surface area contributed by atoms with Crippen LogP contribution in [-0.4, -0.2) is 58.6 Å². The smallest absolute Gasteiger partial charge is 0.0481 e. The zero-order valence-electron chi connectivity index (χ0n) is 9.18. The molecule has 0 aromatic rings. The second-order valence-electron chi connectivity index (χ2n) is 3.25. The van der Waals surface area contributed by atoms with Crippen LogP contribution in [0.2, 0.25) is 0 Å². The second kappa shape index (κ2) is 16.2. The summed E-state index contributed by atoms with van der Waals surface area (Å²) >= 11 is 0. The van der Waals surface area contributed by atoms with Crippen molar-refractivity contribution in [2.75, 3.05) is 33.0 Å².